The fraction of sp³-hybridized carbons (Fsp3) is 0.615. The van der Waals surface area contributed by atoms with Gasteiger partial charge in [0.05, 0.1) is 0 Å². The van der Waals surface area contributed by atoms with E-state index in [9.17, 15) is 4.79 Å². The van der Waals surface area contributed by atoms with Crippen molar-refractivity contribution in [2.75, 3.05) is 26.2 Å². The second kappa shape index (κ2) is 8.07. The summed E-state index contributed by atoms with van der Waals surface area (Å²) in [6.07, 6.45) is 1.11. The molecule has 1 aromatic heterocycles. The maximum absolute atomic E-state index is 11.9. The molecule has 6 heteroatoms. The fourth-order valence-corrected chi connectivity index (χ4v) is 2.04. The smallest absolute Gasteiger partial charge is 0.270 e. The van der Waals surface area contributed by atoms with Gasteiger partial charge in [0, 0.05) is 18.8 Å². The largest absolute Gasteiger partial charge is 0.349 e. The first-order valence-electron chi connectivity index (χ1n) is 6.58. The number of rotatable bonds is 7. The predicted octanol–water partition coefficient (Wildman–Crippen LogP) is 1.90. The van der Waals surface area contributed by atoms with Crippen molar-refractivity contribution >= 4 is 17.5 Å². The fourth-order valence-electron chi connectivity index (χ4n) is 1.81. The van der Waals surface area contributed by atoms with E-state index >= 15 is 0 Å². The minimum Gasteiger partial charge on any atom is -0.349 e. The van der Waals surface area contributed by atoms with Gasteiger partial charge in [0.2, 0.25) is 5.28 Å². The molecule has 0 aromatic carbocycles. The van der Waals surface area contributed by atoms with Crippen LogP contribution in [-0.2, 0) is 0 Å². The number of aromatic nitrogens is 2. The first-order chi connectivity index (χ1) is 9.06. The maximum atomic E-state index is 11.9. The van der Waals surface area contributed by atoms with Crippen LogP contribution >= 0.6 is 11.6 Å². The average molecular weight is 285 g/mol. The zero-order valence-corrected chi connectivity index (χ0v) is 12.5. The number of carbonyl (C=O) groups excluding carboxylic acids is 1. The number of carbonyl (C=O) groups is 1. The molecule has 0 aliphatic carbocycles. The van der Waals surface area contributed by atoms with Crippen LogP contribution in [0.15, 0.2) is 6.07 Å². The number of halogens is 1. The van der Waals surface area contributed by atoms with Gasteiger partial charge in [-0.3, -0.25) is 4.79 Å². The van der Waals surface area contributed by atoms with Gasteiger partial charge < -0.3 is 10.2 Å². The first-order valence-corrected chi connectivity index (χ1v) is 6.96. The van der Waals surface area contributed by atoms with Crippen molar-refractivity contribution in [1.82, 2.24) is 20.2 Å². The van der Waals surface area contributed by atoms with Crippen molar-refractivity contribution in [3.63, 3.8) is 0 Å². The van der Waals surface area contributed by atoms with Crippen LogP contribution in [0.3, 0.4) is 0 Å². The molecule has 1 amide bonds. The monoisotopic (exact) mass is 284 g/mol. The lowest BCUT2D eigenvalue weighted by Crippen LogP contribution is -2.35. The highest BCUT2D eigenvalue weighted by molar-refractivity contribution is 6.28. The van der Waals surface area contributed by atoms with Gasteiger partial charge in [0.15, 0.2) is 0 Å². The SMILES string of the molecule is CCCN(CC)CCNC(=O)c1cc(C)nc(Cl)n1. The third kappa shape index (κ3) is 5.53. The van der Waals surface area contributed by atoms with Gasteiger partial charge in [-0.25, -0.2) is 9.97 Å². The molecule has 0 saturated carbocycles. The summed E-state index contributed by atoms with van der Waals surface area (Å²) in [4.78, 5) is 22.0. The molecule has 1 N–H and O–H groups in total. The summed E-state index contributed by atoms with van der Waals surface area (Å²) >= 11 is 5.73. The lowest BCUT2D eigenvalue weighted by atomic mass is 10.3. The van der Waals surface area contributed by atoms with Crippen LogP contribution < -0.4 is 5.32 Å². The first kappa shape index (κ1) is 15.9. The molecule has 0 fully saturated rings. The Morgan fingerprint density at radius 2 is 2.11 bits per heavy atom. The van der Waals surface area contributed by atoms with Crippen molar-refractivity contribution in [2.24, 2.45) is 0 Å². The van der Waals surface area contributed by atoms with E-state index in [4.69, 9.17) is 11.6 Å². The molecule has 1 aromatic rings. The molecule has 5 nitrogen and oxygen atoms in total. The van der Waals surface area contributed by atoms with E-state index in [0.717, 1.165) is 26.1 Å². The van der Waals surface area contributed by atoms with Crippen molar-refractivity contribution < 1.29 is 4.79 Å². The van der Waals surface area contributed by atoms with E-state index < -0.39 is 0 Å². The molecule has 0 unspecified atom stereocenters. The summed E-state index contributed by atoms with van der Waals surface area (Å²) in [5, 5.41) is 2.95. The molecular formula is C13H21ClN4O. The third-order valence-electron chi connectivity index (χ3n) is 2.76. The van der Waals surface area contributed by atoms with Crippen LogP contribution in [0.4, 0.5) is 0 Å². The highest BCUT2D eigenvalue weighted by atomic mass is 35.5. The maximum Gasteiger partial charge on any atom is 0.270 e. The number of hydrogen-bond acceptors (Lipinski definition) is 4. The highest BCUT2D eigenvalue weighted by Crippen LogP contribution is 2.04. The van der Waals surface area contributed by atoms with Gasteiger partial charge in [0.25, 0.3) is 5.91 Å². The van der Waals surface area contributed by atoms with Gasteiger partial charge in [-0.2, -0.15) is 0 Å². The van der Waals surface area contributed by atoms with Gasteiger partial charge >= 0.3 is 0 Å². The van der Waals surface area contributed by atoms with Crippen LogP contribution in [0, 0.1) is 6.92 Å². The van der Waals surface area contributed by atoms with Crippen LogP contribution in [0.25, 0.3) is 0 Å². The zero-order chi connectivity index (χ0) is 14.3. The molecule has 0 saturated heterocycles. The second-order valence-electron chi connectivity index (χ2n) is 4.35. The van der Waals surface area contributed by atoms with Gasteiger partial charge in [-0.1, -0.05) is 13.8 Å². The van der Waals surface area contributed by atoms with Gasteiger partial charge in [0.1, 0.15) is 5.69 Å². The second-order valence-corrected chi connectivity index (χ2v) is 4.69. The summed E-state index contributed by atoms with van der Waals surface area (Å²) in [5.74, 6) is -0.208. The molecule has 1 heterocycles. The molecule has 0 radical (unpaired) electrons. The van der Waals surface area contributed by atoms with E-state index in [-0.39, 0.29) is 11.2 Å². The Morgan fingerprint density at radius 3 is 2.68 bits per heavy atom. The van der Waals surface area contributed by atoms with Crippen LogP contribution in [0.2, 0.25) is 5.28 Å². The molecular weight excluding hydrogens is 264 g/mol. The normalized spacial score (nSPS) is 10.8. The van der Waals surface area contributed by atoms with E-state index in [2.05, 4.69) is 34.0 Å². The molecule has 0 atom stereocenters. The number of hydrogen-bond donors (Lipinski definition) is 1. The number of amides is 1. The third-order valence-corrected chi connectivity index (χ3v) is 2.93. The van der Waals surface area contributed by atoms with Gasteiger partial charge in [-0.05, 0) is 44.1 Å². The average Bonchev–Trinajstić information content (AvgIpc) is 2.36. The minimum absolute atomic E-state index is 0.103. The predicted molar refractivity (Wildman–Crippen MR) is 76.5 cm³/mol. The van der Waals surface area contributed by atoms with E-state index in [0.29, 0.717) is 17.9 Å². The minimum atomic E-state index is -0.208. The van der Waals surface area contributed by atoms with Crippen LogP contribution in [0.1, 0.15) is 36.5 Å². The quantitative estimate of drug-likeness (QED) is 0.777. The van der Waals surface area contributed by atoms with E-state index in [1.807, 2.05) is 0 Å². The Labute approximate surface area is 119 Å². The van der Waals surface area contributed by atoms with Crippen molar-refractivity contribution in [3.05, 3.63) is 22.7 Å². The van der Waals surface area contributed by atoms with Crippen LogP contribution in [0.5, 0.6) is 0 Å². The molecule has 106 valence electrons. The molecule has 0 aliphatic heterocycles. The molecule has 0 bridgehead atoms. The Hall–Kier alpha value is -1.20. The van der Waals surface area contributed by atoms with Gasteiger partial charge in [-0.15, -0.1) is 0 Å². The summed E-state index contributed by atoms with van der Waals surface area (Å²) in [6.45, 7) is 9.52. The van der Waals surface area contributed by atoms with Crippen molar-refractivity contribution in [1.29, 1.82) is 0 Å². The van der Waals surface area contributed by atoms with Crippen molar-refractivity contribution in [3.8, 4) is 0 Å². The number of aryl methyl sites for hydroxylation is 1. The molecule has 0 aliphatic rings. The van der Waals surface area contributed by atoms with Crippen molar-refractivity contribution in [2.45, 2.75) is 27.2 Å². The van der Waals surface area contributed by atoms with E-state index in [1.165, 1.54) is 0 Å². The molecule has 0 spiro atoms. The highest BCUT2D eigenvalue weighted by Gasteiger charge is 2.09. The Morgan fingerprint density at radius 1 is 1.37 bits per heavy atom. The number of nitrogens with one attached hydrogen (secondary N) is 1. The standard InChI is InChI=1S/C13H21ClN4O/c1-4-7-18(5-2)8-6-15-12(19)11-9-10(3)16-13(14)17-11/h9H,4-8H2,1-3H3,(H,15,19). The number of likely N-dealkylation sites (N-methyl/N-ethyl adjacent to an activating group) is 1. The summed E-state index contributed by atoms with van der Waals surface area (Å²) in [5.41, 5.74) is 1.00. The lowest BCUT2D eigenvalue weighted by molar-refractivity contribution is 0.0943. The Kier molecular flexibility index (Phi) is 6.73. The lowest BCUT2D eigenvalue weighted by Gasteiger charge is -2.19. The number of nitrogens with zero attached hydrogens (tertiary/aromatic N) is 3. The summed E-state index contributed by atoms with van der Waals surface area (Å²) in [7, 11) is 0. The summed E-state index contributed by atoms with van der Waals surface area (Å²) < 4.78 is 0. The van der Waals surface area contributed by atoms with E-state index in [1.54, 1.807) is 13.0 Å². The molecule has 19 heavy (non-hydrogen) atoms. The summed E-state index contributed by atoms with van der Waals surface area (Å²) in [6, 6.07) is 1.63. The van der Waals surface area contributed by atoms with Crippen LogP contribution in [-0.4, -0.2) is 47.0 Å². The molecule has 1 rings (SSSR count). The Balaban J connectivity index is 2.46. The topological polar surface area (TPSA) is 58.1 Å². The zero-order valence-electron chi connectivity index (χ0n) is 11.7. The Bertz CT molecular complexity index is 405.